The highest BCUT2D eigenvalue weighted by Gasteiger charge is 2.45. The van der Waals surface area contributed by atoms with Crippen LogP contribution in [0.4, 0.5) is 0 Å². The van der Waals surface area contributed by atoms with Crippen LogP contribution in [0.1, 0.15) is 26.2 Å². The number of carbonyl (C=O) groups is 2. The Morgan fingerprint density at radius 2 is 1.69 bits per heavy atom. The minimum atomic E-state index is -4.96. The molecular weight excluding hydrogens is 239 g/mol. The number of carboxylic acids is 2. The van der Waals surface area contributed by atoms with Gasteiger partial charge in [0.25, 0.3) is 0 Å². The lowest BCUT2D eigenvalue weighted by Crippen LogP contribution is -2.34. The van der Waals surface area contributed by atoms with Gasteiger partial charge in [0.2, 0.25) is 0 Å². The van der Waals surface area contributed by atoms with Crippen molar-refractivity contribution in [2.24, 2.45) is 5.92 Å². The van der Waals surface area contributed by atoms with Crippen LogP contribution < -0.4 is 0 Å². The fraction of sp³-hybridized carbons (Fsp3) is 0.750. The van der Waals surface area contributed by atoms with Gasteiger partial charge in [-0.1, -0.05) is 19.8 Å². The lowest BCUT2D eigenvalue weighted by Gasteiger charge is -2.20. The molecule has 0 aliphatic rings. The van der Waals surface area contributed by atoms with E-state index in [4.69, 9.17) is 20.0 Å². The summed E-state index contributed by atoms with van der Waals surface area (Å²) in [7, 11) is -4.96. The molecule has 7 nitrogen and oxygen atoms in total. The second-order valence-electron chi connectivity index (χ2n) is 3.46. The third kappa shape index (κ3) is 4.30. The van der Waals surface area contributed by atoms with Gasteiger partial charge >= 0.3 is 19.5 Å². The Bertz CT molecular complexity index is 308. The fourth-order valence-electron chi connectivity index (χ4n) is 1.39. The summed E-state index contributed by atoms with van der Waals surface area (Å²) in [4.78, 5) is 39.2. The molecule has 0 aliphatic heterocycles. The molecule has 0 fully saturated rings. The van der Waals surface area contributed by atoms with Gasteiger partial charge in [0.15, 0.2) is 5.66 Å². The van der Waals surface area contributed by atoms with E-state index in [0.717, 1.165) is 0 Å². The molecule has 0 saturated carbocycles. The Labute approximate surface area is 92.3 Å². The minimum Gasteiger partial charge on any atom is -0.481 e. The molecule has 0 radical (unpaired) electrons. The predicted molar refractivity (Wildman–Crippen MR) is 54.1 cm³/mol. The maximum Gasteiger partial charge on any atom is 0.340 e. The molecule has 0 aliphatic carbocycles. The van der Waals surface area contributed by atoms with Crippen molar-refractivity contribution in [1.29, 1.82) is 0 Å². The van der Waals surface area contributed by atoms with Crippen molar-refractivity contribution in [3.8, 4) is 0 Å². The molecule has 0 spiro atoms. The first-order chi connectivity index (χ1) is 7.21. The van der Waals surface area contributed by atoms with Crippen LogP contribution in [0.3, 0.4) is 0 Å². The van der Waals surface area contributed by atoms with Crippen LogP contribution in [0.2, 0.25) is 0 Å². The zero-order valence-corrected chi connectivity index (χ0v) is 9.63. The van der Waals surface area contributed by atoms with Gasteiger partial charge in [0.1, 0.15) is 0 Å². The third-order valence-corrected chi connectivity index (χ3v) is 3.49. The molecule has 4 N–H and O–H groups in total. The van der Waals surface area contributed by atoms with Crippen molar-refractivity contribution in [2.45, 2.75) is 31.8 Å². The van der Waals surface area contributed by atoms with Gasteiger partial charge in [0.05, 0.1) is 5.92 Å². The molecule has 0 aromatic rings. The minimum absolute atomic E-state index is 0.0616. The van der Waals surface area contributed by atoms with E-state index in [-0.39, 0.29) is 6.42 Å². The summed E-state index contributed by atoms with van der Waals surface area (Å²) in [6, 6.07) is 0. The quantitative estimate of drug-likeness (QED) is 0.486. The van der Waals surface area contributed by atoms with Gasteiger partial charge in [-0.15, -0.1) is 0 Å². The Morgan fingerprint density at radius 3 is 1.94 bits per heavy atom. The van der Waals surface area contributed by atoms with E-state index in [0.29, 0.717) is 12.8 Å². The lowest BCUT2D eigenvalue weighted by atomic mass is 9.98. The first-order valence-electron chi connectivity index (χ1n) is 4.72. The molecular formula is C8H15O7P. The van der Waals surface area contributed by atoms with E-state index in [2.05, 4.69) is 0 Å². The van der Waals surface area contributed by atoms with Crippen LogP contribution in [0.15, 0.2) is 0 Å². The van der Waals surface area contributed by atoms with Crippen molar-refractivity contribution in [3.05, 3.63) is 0 Å². The maximum atomic E-state index is 10.9. The highest BCUT2D eigenvalue weighted by Crippen LogP contribution is 2.46. The average molecular weight is 254 g/mol. The average Bonchev–Trinajstić information content (AvgIpc) is 2.08. The SMILES string of the molecule is CCCCC(C(=O)O)C(C(=O)O)P(=O)(O)O. The first-order valence-corrected chi connectivity index (χ1v) is 6.40. The largest absolute Gasteiger partial charge is 0.481 e. The molecule has 0 aromatic carbocycles. The molecule has 0 bridgehead atoms. The third-order valence-electron chi connectivity index (χ3n) is 2.18. The van der Waals surface area contributed by atoms with Crippen LogP contribution in [-0.4, -0.2) is 37.6 Å². The van der Waals surface area contributed by atoms with E-state index in [1.54, 1.807) is 6.92 Å². The number of hydrogen-bond donors (Lipinski definition) is 4. The Hall–Kier alpha value is -0.910. The van der Waals surface area contributed by atoms with Gasteiger partial charge in [-0.3, -0.25) is 14.2 Å². The van der Waals surface area contributed by atoms with E-state index >= 15 is 0 Å². The number of aliphatic carboxylic acids is 2. The van der Waals surface area contributed by atoms with Crippen molar-refractivity contribution in [1.82, 2.24) is 0 Å². The van der Waals surface area contributed by atoms with Crippen LogP contribution in [-0.2, 0) is 14.2 Å². The fourth-order valence-corrected chi connectivity index (χ4v) is 2.42. The molecule has 2 atom stereocenters. The molecule has 2 unspecified atom stereocenters. The molecule has 0 saturated heterocycles. The van der Waals surface area contributed by atoms with Gasteiger partial charge < -0.3 is 20.0 Å². The Morgan fingerprint density at radius 1 is 1.19 bits per heavy atom. The van der Waals surface area contributed by atoms with E-state index in [1.165, 1.54) is 0 Å². The van der Waals surface area contributed by atoms with Gasteiger partial charge in [-0.25, -0.2) is 0 Å². The molecule has 8 heteroatoms. The van der Waals surface area contributed by atoms with Crippen molar-refractivity contribution in [3.63, 3.8) is 0 Å². The topological polar surface area (TPSA) is 132 Å². The van der Waals surface area contributed by atoms with Gasteiger partial charge in [0, 0.05) is 0 Å². The molecule has 94 valence electrons. The summed E-state index contributed by atoms with van der Waals surface area (Å²) in [5, 5.41) is 17.4. The Kier molecular flexibility index (Phi) is 5.64. The van der Waals surface area contributed by atoms with Crippen molar-refractivity contribution in [2.75, 3.05) is 0 Å². The highest BCUT2D eigenvalue weighted by atomic mass is 31.2. The van der Waals surface area contributed by atoms with Crippen LogP contribution in [0, 0.1) is 5.92 Å². The molecule has 0 rings (SSSR count). The lowest BCUT2D eigenvalue weighted by molar-refractivity contribution is -0.148. The van der Waals surface area contributed by atoms with E-state index < -0.39 is 31.1 Å². The standard InChI is InChI=1S/C8H15O7P/c1-2-3-4-5(7(9)10)6(8(11)12)16(13,14)15/h5-6H,2-4H2,1H3,(H,9,10)(H,11,12)(H2,13,14,15). The number of rotatable bonds is 7. The van der Waals surface area contributed by atoms with E-state index in [1.807, 2.05) is 0 Å². The van der Waals surface area contributed by atoms with Crippen LogP contribution in [0.5, 0.6) is 0 Å². The normalized spacial score (nSPS) is 15.4. The van der Waals surface area contributed by atoms with Gasteiger partial charge in [-0.2, -0.15) is 0 Å². The van der Waals surface area contributed by atoms with Crippen LogP contribution >= 0.6 is 7.60 Å². The smallest absolute Gasteiger partial charge is 0.340 e. The molecule has 0 aromatic heterocycles. The maximum absolute atomic E-state index is 10.9. The van der Waals surface area contributed by atoms with Crippen LogP contribution in [0.25, 0.3) is 0 Å². The molecule has 0 heterocycles. The monoisotopic (exact) mass is 254 g/mol. The summed E-state index contributed by atoms with van der Waals surface area (Å²) >= 11 is 0. The van der Waals surface area contributed by atoms with E-state index in [9.17, 15) is 14.2 Å². The second kappa shape index (κ2) is 5.98. The number of unbranched alkanes of at least 4 members (excludes halogenated alkanes) is 1. The zero-order valence-electron chi connectivity index (χ0n) is 8.74. The molecule has 16 heavy (non-hydrogen) atoms. The summed E-state index contributed by atoms with van der Waals surface area (Å²) in [5.74, 6) is -4.83. The first kappa shape index (κ1) is 15.1. The number of hydrogen-bond acceptors (Lipinski definition) is 3. The number of carboxylic acid groups (broad SMARTS) is 2. The summed E-state index contributed by atoms with van der Waals surface area (Å²) in [6.45, 7) is 1.77. The van der Waals surface area contributed by atoms with Crippen molar-refractivity contribution < 1.29 is 34.2 Å². The second-order valence-corrected chi connectivity index (χ2v) is 5.19. The zero-order chi connectivity index (χ0) is 12.9. The van der Waals surface area contributed by atoms with Gasteiger partial charge in [-0.05, 0) is 6.42 Å². The van der Waals surface area contributed by atoms with Crippen molar-refractivity contribution >= 4 is 19.5 Å². The summed E-state index contributed by atoms with van der Waals surface area (Å²) < 4.78 is 10.9. The predicted octanol–water partition coefficient (Wildman–Crippen LogP) is 0.508. The highest BCUT2D eigenvalue weighted by molar-refractivity contribution is 7.53. The molecule has 0 amide bonds. The summed E-state index contributed by atoms with van der Waals surface area (Å²) in [5.41, 5.74) is -2.17. The summed E-state index contributed by atoms with van der Waals surface area (Å²) in [6.07, 6.45) is 0.964. The Balaban J connectivity index is 5.04.